The fourth-order valence-electron chi connectivity index (χ4n) is 2.05. The summed E-state index contributed by atoms with van der Waals surface area (Å²) in [6.07, 6.45) is 1.04. The Balaban J connectivity index is 2.34. The van der Waals surface area contributed by atoms with Crippen molar-refractivity contribution in [3.05, 3.63) is 69.9 Å². The molecule has 0 aromatic heterocycles. The molecule has 1 N–H and O–H groups in total. The maximum absolute atomic E-state index is 13.7. The second kappa shape index (κ2) is 6.83. The van der Waals surface area contributed by atoms with Crippen LogP contribution >= 0.6 is 15.9 Å². The summed E-state index contributed by atoms with van der Waals surface area (Å²) in [4.78, 5) is 0. The Morgan fingerprint density at radius 3 is 2.47 bits per heavy atom. The van der Waals surface area contributed by atoms with Crippen molar-refractivity contribution in [1.82, 2.24) is 5.32 Å². The van der Waals surface area contributed by atoms with Crippen LogP contribution in [-0.2, 0) is 0 Å². The molecule has 0 aliphatic rings. The van der Waals surface area contributed by atoms with Gasteiger partial charge in [-0.05, 0) is 52.2 Å². The largest absolute Gasteiger partial charge is 0.306 e. The molecule has 19 heavy (non-hydrogen) atoms. The highest BCUT2D eigenvalue weighted by atomic mass is 79.9. The lowest BCUT2D eigenvalue weighted by molar-refractivity contribution is 0.583. The fourth-order valence-corrected chi connectivity index (χ4v) is 2.30. The number of nitrogens with one attached hydrogen (secondary N) is 1. The van der Waals surface area contributed by atoms with Crippen molar-refractivity contribution in [3.8, 4) is 0 Å². The molecule has 0 radical (unpaired) electrons. The van der Waals surface area contributed by atoms with Gasteiger partial charge < -0.3 is 5.32 Å². The highest BCUT2D eigenvalue weighted by molar-refractivity contribution is 9.10. The standard InChI is InChI=1S/C16H17BrFN/c1-2-10-19-16(12-6-4-3-5-7-12)13-8-9-14(17)15(18)11-13/h3-9,11,16,19H,2,10H2,1H3. The zero-order valence-electron chi connectivity index (χ0n) is 10.9. The summed E-state index contributed by atoms with van der Waals surface area (Å²) in [6, 6.07) is 15.5. The molecule has 0 fully saturated rings. The van der Waals surface area contributed by atoms with E-state index in [0.29, 0.717) is 4.47 Å². The average molecular weight is 322 g/mol. The van der Waals surface area contributed by atoms with Crippen LogP contribution in [0.25, 0.3) is 0 Å². The summed E-state index contributed by atoms with van der Waals surface area (Å²) in [5, 5.41) is 3.47. The van der Waals surface area contributed by atoms with Gasteiger partial charge in [-0.25, -0.2) is 4.39 Å². The first-order valence-electron chi connectivity index (χ1n) is 6.45. The number of hydrogen-bond donors (Lipinski definition) is 1. The molecule has 3 heteroatoms. The lowest BCUT2D eigenvalue weighted by Crippen LogP contribution is -2.23. The number of rotatable bonds is 5. The predicted octanol–water partition coefficient (Wildman–Crippen LogP) is 4.68. The normalized spacial score (nSPS) is 12.4. The molecule has 1 unspecified atom stereocenters. The minimum Gasteiger partial charge on any atom is -0.306 e. The van der Waals surface area contributed by atoms with E-state index < -0.39 is 0 Å². The molecule has 0 bridgehead atoms. The lowest BCUT2D eigenvalue weighted by atomic mass is 9.98. The predicted molar refractivity (Wildman–Crippen MR) is 80.7 cm³/mol. The third kappa shape index (κ3) is 3.64. The highest BCUT2D eigenvalue weighted by Gasteiger charge is 2.14. The Hall–Kier alpha value is -1.19. The van der Waals surface area contributed by atoms with E-state index in [2.05, 4.69) is 40.3 Å². The van der Waals surface area contributed by atoms with Crippen LogP contribution in [0.2, 0.25) is 0 Å². The summed E-state index contributed by atoms with van der Waals surface area (Å²) in [5.41, 5.74) is 2.10. The van der Waals surface area contributed by atoms with Gasteiger partial charge in [0.05, 0.1) is 10.5 Å². The Bertz CT molecular complexity index is 528. The molecule has 0 amide bonds. The summed E-state index contributed by atoms with van der Waals surface area (Å²) in [7, 11) is 0. The zero-order chi connectivity index (χ0) is 13.7. The van der Waals surface area contributed by atoms with Crippen LogP contribution in [-0.4, -0.2) is 6.54 Å². The van der Waals surface area contributed by atoms with Gasteiger partial charge in [-0.3, -0.25) is 0 Å². The third-order valence-electron chi connectivity index (χ3n) is 3.01. The van der Waals surface area contributed by atoms with Gasteiger partial charge in [-0.1, -0.05) is 43.3 Å². The SMILES string of the molecule is CCCNC(c1ccccc1)c1ccc(Br)c(F)c1. The molecule has 0 saturated heterocycles. The topological polar surface area (TPSA) is 12.0 Å². The van der Waals surface area contributed by atoms with E-state index in [1.165, 1.54) is 0 Å². The van der Waals surface area contributed by atoms with E-state index in [-0.39, 0.29) is 11.9 Å². The third-order valence-corrected chi connectivity index (χ3v) is 3.65. The zero-order valence-corrected chi connectivity index (χ0v) is 12.5. The van der Waals surface area contributed by atoms with E-state index in [4.69, 9.17) is 0 Å². The summed E-state index contributed by atoms with van der Waals surface area (Å²) < 4.78 is 14.2. The van der Waals surface area contributed by atoms with Crippen LogP contribution in [0, 0.1) is 5.82 Å². The number of benzene rings is 2. The van der Waals surface area contributed by atoms with Gasteiger partial charge in [-0.15, -0.1) is 0 Å². The first kappa shape index (κ1) is 14.2. The molecular weight excluding hydrogens is 305 g/mol. The minimum absolute atomic E-state index is 0.0312. The smallest absolute Gasteiger partial charge is 0.137 e. The van der Waals surface area contributed by atoms with Gasteiger partial charge in [0, 0.05) is 0 Å². The van der Waals surface area contributed by atoms with Gasteiger partial charge in [0.1, 0.15) is 5.82 Å². The van der Waals surface area contributed by atoms with Gasteiger partial charge in [0.15, 0.2) is 0 Å². The van der Waals surface area contributed by atoms with E-state index in [9.17, 15) is 4.39 Å². The van der Waals surface area contributed by atoms with Gasteiger partial charge in [0.2, 0.25) is 0 Å². The maximum Gasteiger partial charge on any atom is 0.137 e. The molecule has 2 aromatic rings. The monoisotopic (exact) mass is 321 g/mol. The molecule has 2 rings (SSSR count). The maximum atomic E-state index is 13.7. The van der Waals surface area contributed by atoms with Gasteiger partial charge >= 0.3 is 0 Å². The Morgan fingerprint density at radius 2 is 1.84 bits per heavy atom. The molecule has 1 nitrogen and oxygen atoms in total. The minimum atomic E-state index is -0.225. The molecule has 0 heterocycles. The van der Waals surface area contributed by atoms with Crippen molar-refractivity contribution in [1.29, 1.82) is 0 Å². The Kier molecular flexibility index (Phi) is 5.11. The summed E-state index contributed by atoms with van der Waals surface area (Å²) in [5.74, 6) is -0.225. The van der Waals surface area contributed by atoms with Crippen LogP contribution in [0.15, 0.2) is 53.0 Å². The van der Waals surface area contributed by atoms with Gasteiger partial charge in [-0.2, -0.15) is 0 Å². The second-order valence-corrected chi connectivity index (χ2v) is 5.33. The molecule has 0 saturated carbocycles. The van der Waals surface area contributed by atoms with Crippen molar-refractivity contribution in [2.24, 2.45) is 0 Å². The Labute approximate surface area is 122 Å². The number of halogens is 2. The van der Waals surface area contributed by atoms with Crippen LogP contribution in [0.5, 0.6) is 0 Å². The molecular formula is C16H17BrFN. The van der Waals surface area contributed by atoms with E-state index >= 15 is 0 Å². The van der Waals surface area contributed by atoms with Crippen LogP contribution in [0.1, 0.15) is 30.5 Å². The molecule has 1 atom stereocenters. The summed E-state index contributed by atoms with van der Waals surface area (Å²) in [6.45, 7) is 3.02. The molecule has 2 aromatic carbocycles. The van der Waals surface area contributed by atoms with Crippen LogP contribution in [0.4, 0.5) is 4.39 Å². The quantitative estimate of drug-likeness (QED) is 0.843. The van der Waals surface area contributed by atoms with Crippen molar-refractivity contribution in [3.63, 3.8) is 0 Å². The molecule has 0 aliphatic carbocycles. The number of hydrogen-bond acceptors (Lipinski definition) is 1. The van der Waals surface area contributed by atoms with Gasteiger partial charge in [0.25, 0.3) is 0 Å². The highest BCUT2D eigenvalue weighted by Crippen LogP contribution is 2.25. The van der Waals surface area contributed by atoms with Crippen LogP contribution < -0.4 is 5.32 Å². The van der Waals surface area contributed by atoms with E-state index in [0.717, 1.165) is 24.1 Å². The molecule has 0 aliphatic heterocycles. The Morgan fingerprint density at radius 1 is 1.11 bits per heavy atom. The second-order valence-electron chi connectivity index (χ2n) is 4.47. The van der Waals surface area contributed by atoms with Crippen molar-refractivity contribution in [2.75, 3.05) is 6.54 Å². The molecule has 100 valence electrons. The molecule has 0 spiro atoms. The van der Waals surface area contributed by atoms with Crippen molar-refractivity contribution < 1.29 is 4.39 Å². The van der Waals surface area contributed by atoms with Crippen LogP contribution in [0.3, 0.4) is 0 Å². The first-order chi connectivity index (χ1) is 9.22. The van der Waals surface area contributed by atoms with E-state index in [1.54, 1.807) is 12.1 Å². The lowest BCUT2D eigenvalue weighted by Gasteiger charge is -2.20. The van der Waals surface area contributed by atoms with Crippen molar-refractivity contribution >= 4 is 15.9 Å². The fraction of sp³-hybridized carbons (Fsp3) is 0.250. The summed E-state index contributed by atoms with van der Waals surface area (Å²) >= 11 is 3.19. The average Bonchev–Trinajstić information content (AvgIpc) is 2.44. The first-order valence-corrected chi connectivity index (χ1v) is 7.25. The van der Waals surface area contributed by atoms with E-state index in [1.807, 2.05) is 24.3 Å². The van der Waals surface area contributed by atoms with Crippen molar-refractivity contribution in [2.45, 2.75) is 19.4 Å².